The van der Waals surface area contributed by atoms with Crippen molar-refractivity contribution in [2.24, 2.45) is 5.73 Å². The van der Waals surface area contributed by atoms with Gasteiger partial charge < -0.3 is 5.73 Å². The predicted octanol–water partition coefficient (Wildman–Crippen LogP) is 4.16. The van der Waals surface area contributed by atoms with Gasteiger partial charge in [-0.15, -0.1) is 0 Å². The minimum absolute atomic E-state index is 0.149. The summed E-state index contributed by atoms with van der Waals surface area (Å²) in [5.74, 6) is -0.589. The summed E-state index contributed by atoms with van der Waals surface area (Å²) in [6.07, 6.45) is 5.34. The van der Waals surface area contributed by atoms with Crippen molar-refractivity contribution in [3.05, 3.63) is 106 Å². The van der Waals surface area contributed by atoms with Crippen LogP contribution in [-0.4, -0.2) is 30.9 Å². The molecule has 7 nitrogen and oxygen atoms in total. The molecule has 37 heavy (non-hydrogen) atoms. The highest BCUT2D eigenvalue weighted by atomic mass is 32.2. The predicted molar refractivity (Wildman–Crippen MR) is 144 cm³/mol. The van der Waals surface area contributed by atoms with Gasteiger partial charge in [0.25, 0.3) is 11.5 Å². The zero-order valence-electron chi connectivity index (χ0n) is 20.2. The smallest absolute Gasteiger partial charge is 0.267 e. The average molecular weight is 507 g/mol. The highest BCUT2D eigenvalue weighted by Gasteiger charge is 2.29. The Morgan fingerprint density at radius 2 is 1.81 bits per heavy atom. The third-order valence-electron chi connectivity index (χ3n) is 6.98. The van der Waals surface area contributed by atoms with Crippen molar-refractivity contribution < 1.29 is 9.00 Å². The Bertz CT molecular complexity index is 1860. The zero-order chi connectivity index (χ0) is 25.8. The van der Waals surface area contributed by atoms with Crippen molar-refractivity contribution in [1.29, 1.82) is 0 Å². The number of para-hydroxylation sites is 1. The Morgan fingerprint density at radius 3 is 2.59 bits per heavy atom. The number of hydrogen-bond acceptors (Lipinski definition) is 5. The van der Waals surface area contributed by atoms with Gasteiger partial charge in [-0.05, 0) is 70.6 Å². The van der Waals surface area contributed by atoms with Gasteiger partial charge >= 0.3 is 0 Å². The molecule has 1 amide bonds. The van der Waals surface area contributed by atoms with Crippen molar-refractivity contribution in [2.45, 2.75) is 18.2 Å². The molecule has 2 heterocycles. The van der Waals surface area contributed by atoms with E-state index < -0.39 is 16.7 Å². The monoisotopic (exact) mass is 506 g/mol. The molecule has 0 aliphatic heterocycles. The highest BCUT2D eigenvalue weighted by Crippen LogP contribution is 2.45. The van der Waals surface area contributed by atoms with E-state index in [1.807, 2.05) is 61.5 Å². The Hall–Kier alpha value is -4.43. The van der Waals surface area contributed by atoms with Gasteiger partial charge in [-0.3, -0.25) is 23.3 Å². The molecule has 1 unspecified atom stereocenters. The third-order valence-corrected chi connectivity index (χ3v) is 7.90. The van der Waals surface area contributed by atoms with E-state index in [1.165, 1.54) is 0 Å². The average Bonchev–Trinajstić information content (AvgIpc) is 3.28. The summed E-state index contributed by atoms with van der Waals surface area (Å²) in [5, 5.41) is 0.543. The molecule has 1 aliphatic rings. The number of carbonyl (C=O) groups excluding carboxylic acids is 1. The van der Waals surface area contributed by atoms with Crippen molar-refractivity contribution >= 4 is 27.6 Å². The van der Waals surface area contributed by atoms with Crippen LogP contribution in [0.25, 0.3) is 38.8 Å². The molecule has 3 aromatic carbocycles. The van der Waals surface area contributed by atoms with Crippen LogP contribution in [0.4, 0.5) is 0 Å². The van der Waals surface area contributed by atoms with Crippen LogP contribution in [-0.2, 0) is 17.2 Å². The number of nitrogens with two attached hydrogens (primary N) is 1. The molecule has 182 valence electrons. The molecular weight excluding hydrogens is 484 g/mol. The quantitative estimate of drug-likeness (QED) is 0.386. The number of rotatable bonds is 4. The van der Waals surface area contributed by atoms with Crippen LogP contribution in [0.5, 0.6) is 0 Å². The number of primary amides is 1. The molecule has 0 saturated heterocycles. The Kier molecular flexibility index (Phi) is 5.35. The van der Waals surface area contributed by atoms with Gasteiger partial charge in [0, 0.05) is 40.1 Å². The van der Waals surface area contributed by atoms with Gasteiger partial charge in [-0.2, -0.15) is 0 Å². The Balaban J connectivity index is 1.59. The second-order valence-electron chi connectivity index (χ2n) is 9.07. The van der Waals surface area contributed by atoms with Gasteiger partial charge in [-0.1, -0.05) is 30.3 Å². The van der Waals surface area contributed by atoms with E-state index >= 15 is 0 Å². The van der Waals surface area contributed by atoms with Crippen LogP contribution < -0.4 is 11.3 Å². The van der Waals surface area contributed by atoms with E-state index in [1.54, 1.807) is 29.4 Å². The standard InChI is InChI=1S/C29H22N4O3S/c1-16-19(7-5-9-25(16)33-15-32-24-8-4-3-6-21(24)29(33)35)23-14-31-27(28(30)34)22-13-17-12-18(37(2)36)10-11-20(17)26(22)23/h3-12,14-15H,13H2,1-2H3,(H2,30,34). The number of benzene rings is 3. The van der Waals surface area contributed by atoms with Crippen LogP contribution in [0.3, 0.4) is 0 Å². The van der Waals surface area contributed by atoms with Gasteiger partial charge in [0.05, 0.1) is 16.6 Å². The van der Waals surface area contributed by atoms with E-state index in [0.29, 0.717) is 23.0 Å². The van der Waals surface area contributed by atoms with Crippen molar-refractivity contribution in [1.82, 2.24) is 14.5 Å². The molecule has 2 N–H and O–H groups in total. The number of aromatic nitrogens is 3. The summed E-state index contributed by atoms with van der Waals surface area (Å²) in [4.78, 5) is 35.2. The fourth-order valence-corrected chi connectivity index (χ4v) is 5.76. The lowest BCUT2D eigenvalue weighted by Gasteiger charge is -2.17. The molecule has 1 atom stereocenters. The molecule has 0 bridgehead atoms. The van der Waals surface area contributed by atoms with E-state index in [9.17, 15) is 13.8 Å². The van der Waals surface area contributed by atoms with Crippen LogP contribution in [0, 0.1) is 6.92 Å². The van der Waals surface area contributed by atoms with Crippen molar-refractivity contribution in [2.75, 3.05) is 6.26 Å². The molecule has 2 aromatic heterocycles. The Labute approximate surface area is 215 Å². The van der Waals surface area contributed by atoms with Gasteiger partial charge in [0.15, 0.2) is 0 Å². The fourth-order valence-electron chi connectivity index (χ4n) is 5.20. The van der Waals surface area contributed by atoms with Crippen LogP contribution >= 0.6 is 0 Å². The first-order valence-corrected chi connectivity index (χ1v) is 13.3. The summed E-state index contributed by atoms with van der Waals surface area (Å²) in [6, 6.07) is 18.7. The van der Waals surface area contributed by atoms with E-state index in [2.05, 4.69) is 9.97 Å². The molecule has 0 radical (unpaired) electrons. The van der Waals surface area contributed by atoms with Crippen LogP contribution in [0.15, 0.2) is 82.9 Å². The molecule has 0 saturated carbocycles. The van der Waals surface area contributed by atoms with Crippen LogP contribution in [0.1, 0.15) is 27.2 Å². The minimum atomic E-state index is -1.13. The molecule has 0 spiro atoms. The molecule has 0 fully saturated rings. The first-order chi connectivity index (χ1) is 17.8. The number of carbonyl (C=O) groups is 1. The maximum absolute atomic E-state index is 13.3. The summed E-state index contributed by atoms with van der Waals surface area (Å²) in [6.45, 7) is 1.96. The summed E-state index contributed by atoms with van der Waals surface area (Å²) in [7, 11) is -1.13. The van der Waals surface area contributed by atoms with Crippen LogP contribution in [0.2, 0.25) is 0 Å². The SMILES string of the molecule is Cc1c(-c2cnc(C(N)=O)c3c2-c2ccc(S(C)=O)cc2C3)cccc1-n1cnc2ccccc2c1=O. The maximum atomic E-state index is 13.3. The summed E-state index contributed by atoms with van der Waals surface area (Å²) in [5.41, 5.74) is 13.3. The van der Waals surface area contributed by atoms with Gasteiger partial charge in [-0.25, -0.2) is 4.98 Å². The second-order valence-corrected chi connectivity index (χ2v) is 10.5. The first-order valence-electron chi connectivity index (χ1n) is 11.7. The lowest BCUT2D eigenvalue weighted by atomic mass is 9.92. The number of amides is 1. The number of nitrogens with zero attached hydrogens (tertiary/aromatic N) is 3. The highest BCUT2D eigenvalue weighted by molar-refractivity contribution is 7.84. The van der Waals surface area contributed by atoms with Gasteiger partial charge in [0.2, 0.25) is 0 Å². The van der Waals surface area contributed by atoms with E-state index in [4.69, 9.17) is 5.73 Å². The lowest BCUT2D eigenvalue weighted by Crippen LogP contribution is -2.19. The number of hydrogen-bond donors (Lipinski definition) is 1. The number of pyridine rings is 1. The fraction of sp³-hybridized carbons (Fsp3) is 0.103. The van der Waals surface area contributed by atoms with Crippen molar-refractivity contribution in [3.63, 3.8) is 0 Å². The van der Waals surface area contributed by atoms with E-state index in [-0.39, 0.29) is 11.3 Å². The largest absolute Gasteiger partial charge is 0.364 e. The lowest BCUT2D eigenvalue weighted by molar-refractivity contribution is 0.0995. The minimum Gasteiger partial charge on any atom is -0.364 e. The maximum Gasteiger partial charge on any atom is 0.267 e. The zero-order valence-corrected chi connectivity index (χ0v) is 21.0. The Morgan fingerprint density at radius 1 is 1.00 bits per heavy atom. The van der Waals surface area contributed by atoms with Crippen molar-refractivity contribution in [3.8, 4) is 27.9 Å². The summed E-state index contributed by atoms with van der Waals surface area (Å²) >= 11 is 0. The molecular formula is C29H22N4O3S. The normalized spacial score (nSPS) is 12.8. The molecule has 6 rings (SSSR count). The first kappa shape index (κ1) is 23.0. The summed E-state index contributed by atoms with van der Waals surface area (Å²) < 4.78 is 13.7. The van der Waals surface area contributed by atoms with Gasteiger partial charge in [0.1, 0.15) is 12.0 Å². The van der Waals surface area contributed by atoms with E-state index in [0.717, 1.165) is 43.8 Å². The molecule has 8 heteroatoms. The number of fused-ring (bicyclic) bond motifs is 4. The second kappa shape index (κ2) is 8.60. The topological polar surface area (TPSA) is 108 Å². The third kappa shape index (κ3) is 3.60. The molecule has 1 aliphatic carbocycles. The molecule has 5 aromatic rings.